The van der Waals surface area contributed by atoms with E-state index in [9.17, 15) is 9.59 Å². The van der Waals surface area contributed by atoms with Crippen molar-refractivity contribution in [1.82, 2.24) is 9.88 Å². The number of pyridine rings is 1. The van der Waals surface area contributed by atoms with Gasteiger partial charge in [-0.25, -0.2) is 4.98 Å². The summed E-state index contributed by atoms with van der Waals surface area (Å²) >= 11 is 0. The summed E-state index contributed by atoms with van der Waals surface area (Å²) in [6.07, 6.45) is 5.80. The number of nitrogens with zero attached hydrogens (tertiary/aromatic N) is 3. The first-order valence-corrected chi connectivity index (χ1v) is 9.02. The summed E-state index contributed by atoms with van der Waals surface area (Å²) in [7, 11) is 1.93. The molecule has 1 aliphatic rings. The Balaban J connectivity index is 2.01. The highest BCUT2D eigenvalue weighted by atomic mass is 16.2. The van der Waals surface area contributed by atoms with E-state index in [-0.39, 0.29) is 17.6 Å². The van der Waals surface area contributed by atoms with E-state index >= 15 is 0 Å². The van der Waals surface area contributed by atoms with E-state index in [0.29, 0.717) is 37.5 Å². The van der Waals surface area contributed by atoms with Gasteiger partial charge in [-0.3, -0.25) is 9.59 Å². The van der Waals surface area contributed by atoms with Crippen LogP contribution < -0.4 is 4.90 Å². The molecule has 0 aliphatic carbocycles. The highest BCUT2D eigenvalue weighted by molar-refractivity contribution is 5.94. The number of likely N-dealkylation sites (tertiary alicyclic amines) is 1. The molecule has 1 unspecified atom stereocenters. The molecule has 25 heavy (non-hydrogen) atoms. The number of piperidine rings is 1. The van der Waals surface area contributed by atoms with Gasteiger partial charge in [0, 0.05) is 45.2 Å². The second-order valence-electron chi connectivity index (χ2n) is 7.23. The SMILES string of the molecule is C=CCN(C)c1ccc(C(=O)N2CCCC(C(=O)CC(C)C)C2)cn1. The van der Waals surface area contributed by atoms with Crippen molar-refractivity contribution in [3.05, 3.63) is 36.5 Å². The van der Waals surface area contributed by atoms with Crippen LogP contribution in [0.3, 0.4) is 0 Å². The Bertz CT molecular complexity index is 610. The number of rotatable bonds is 7. The topological polar surface area (TPSA) is 53.5 Å². The number of aromatic nitrogens is 1. The molecule has 2 rings (SSSR count). The Morgan fingerprint density at radius 1 is 1.44 bits per heavy atom. The summed E-state index contributed by atoms with van der Waals surface area (Å²) in [5.41, 5.74) is 0.577. The van der Waals surface area contributed by atoms with Crippen molar-refractivity contribution in [1.29, 1.82) is 0 Å². The third-order valence-electron chi connectivity index (χ3n) is 4.56. The van der Waals surface area contributed by atoms with Crippen molar-refractivity contribution in [3.63, 3.8) is 0 Å². The minimum absolute atomic E-state index is 0.0222. The summed E-state index contributed by atoms with van der Waals surface area (Å²) in [5.74, 6) is 1.40. The minimum Gasteiger partial charge on any atom is -0.356 e. The van der Waals surface area contributed by atoms with Gasteiger partial charge in [-0.1, -0.05) is 19.9 Å². The highest BCUT2D eigenvalue weighted by Gasteiger charge is 2.29. The molecule has 1 aromatic rings. The lowest BCUT2D eigenvalue weighted by Crippen LogP contribution is -2.42. The van der Waals surface area contributed by atoms with E-state index in [2.05, 4.69) is 25.4 Å². The average Bonchev–Trinajstić information content (AvgIpc) is 2.61. The summed E-state index contributed by atoms with van der Waals surface area (Å²) in [4.78, 5) is 33.2. The van der Waals surface area contributed by atoms with Crippen LogP contribution in [0, 0.1) is 11.8 Å². The fraction of sp³-hybridized carbons (Fsp3) is 0.550. The molecular formula is C20H29N3O2. The van der Waals surface area contributed by atoms with Crippen molar-refractivity contribution in [2.75, 3.05) is 31.6 Å². The number of amides is 1. The van der Waals surface area contributed by atoms with Gasteiger partial charge >= 0.3 is 0 Å². The predicted octanol–water partition coefficient (Wildman–Crippen LogP) is 3.17. The Labute approximate surface area is 150 Å². The first-order chi connectivity index (χ1) is 11.9. The van der Waals surface area contributed by atoms with Crippen LogP contribution in [0.2, 0.25) is 0 Å². The third-order valence-corrected chi connectivity index (χ3v) is 4.56. The van der Waals surface area contributed by atoms with Crippen molar-refractivity contribution in [2.45, 2.75) is 33.1 Å². The van der Waals surface area contributed by atoms with Crippen LogP contribution in [0.5, 0.6) is 0 Å². The van der Waals surface area contributed by atoms with E-state index < -0.39 is 0 Å². The van der Waals surface area contributed by atoms with Crippen molar-refractivity contribution < 1.29 is 9.59 Å². The number of anilines is 1. The molecule has 0 saturated carbocycles. The summed E-state index contributed by atoms with van der Waals surface area (Å²) in [6.45, 7) is 9.77. The monoisotopic (exact) mass is 343 g/mol. The maximum atomic E-state index is 12.7. The van der Waals surface area contributed by atoms with Crippen LogP contribution in [-0.2, 0) is 4.79 Å². The van der Waals surface area contributed by atoms with Crippen LogP contribution >= 0.6 is 0 Å². The molecule has 1 atom stereocenters. The number of ketones is 1. The number of carbonyl (C=O) groups excluding carboxylic acids is 2. The van der Waals surface area contributed by atoms with Gasteiger partial charge in [0.25, 0.3) is 5.91 Å². The Morgan fingerprint density at radius 3 is 2.80 bits per heavy atom. The van der Waals surface area contributed by atoms with E-state index in [0.717, 1.165) is 18.7 Å². The van der Waals surface area contributed by atoms with E-state index in [1.807, 2.05) is 30.2 Å². The molecule has 5 heteroatoms. The van der Waals surface area contributed by atoms with Gasteiger partial charge in [-0.15, -0.1) is 6.58 Å². The minimum atomic E-state index is -0.0347. The van der Waals surface area contributed by atoms with Gasteiger partial charge in [0.1, 0.15) is 11.6 Å². The fourth-order valence-electron chi connectivity index (χ4n) is 3.20. The van der Waals surface area contributed by atoms with Crippen LogP contribution in [0.15, 0.2) is 31.0 Å². The Morgan fingerprint density at radius 2 is 2.20 bits per heavy atom. The molecule has 1 saturated heterocycles. The van der Waals surface area contributed by atoms with Gasteiger partial charge in [-0.05, 0) is 30.9 Å². The van der Waals surface area contributed by atoms with Crippen molar-refractivity contribution in [3.8, 4) is 0 Å². The quantitative estimate of drug-likeness (QED) is 0.714. The second kappa shape index (κ2) is 8.79. The lowest BCUT2D eigenvalue weighted by molar-refractivity contribution is -0.124. The van der Waals surface area contributed by atoms with Crippen LogP contribution in [0.25, 0.3) is 0 Å². The van der Waals surface area contributed by atoms with Crippen LogP contribution in [0.1, 0.15) is 43.5 Å². The second-order valence-corrected chi connectivity index (χ2v) is 7.23. The molecular weight excluding hydrogens is 314 g/mol. The largest absolute Gasteiger partial charge is 0.356 e. The number of carbonyl (C=O) groups is 2. The summed E-state index contributed by atoms with van der Waals surface area (Å²) in [5, 5.41) is 0. The fourth-order valence-corrected chi connectivity index (χ4v) is 3.20. The predicted molar refractivity (Wildman–Crippen MR) is 101 cm³/mol. The number of Topliss-reactive ketones (excluding diaryl/α,β-unsaturated/α-hetero) is 1. The van der Waals surface area contributed by atoms with E-state index in [4.69, 9.17) is 0 Å². The van der Waals surface area contributed by atoms with Crippen LogP contribution in [-0.4, -0.2) is 48.3 Å². The maximum absolute atomic E-state index is 12.7. The van der Waals surface area contributed by atoms with Crippen molar-refractivity contribution in [2.24, 2.45) is 11.8 Å². The number of hydrogen-bond donors (Lipinski definition) is 0. The number of hydrogen-bond acceptors (Lipinski definition) is 4. The molecule has 5 nitrogen and oxygen atoms in total. The van der Waals surface area contributed by atoms with Gasteiger partial charge in [0.15, 0.2) is 0 Å². The lowest BCUT2D eigenvalue weighted by atomic mass is 9.89. The van der Waals surface area contributed by atoms with E-state index in [1.165, 1.54) is 0 Å². The first-order valence-electron chi connectivity index (χ1n) is 9.02. The Kier molecular flexibility index (Phi) is 6.73. The smallest absolute Gasteiger partial charge is 0.255 e. The molecule has 0 N–H and O–H groups in total. The Hall–Kier alpha value is -2.17. The van der Waals surface area contributed by atoms with Gasteiger partial charge in [0.05, 0.1) is 5.56 Å². The van der Waals surface area contributed by atoms with Gasteiger partial charge in [0.2, 0.25) is 0 Å². The number of likely N-dealkylation sites (N-methyl/N-ethyl adjacent to an activating group) is 1. The zero-order valence-electron chi connectivity index (χ0n) is 15.6. The third kappa shape index (κ3) is 5.15. The molecule has 0 spiro atoms. The van der Waals surface area contributed by atoms with Gasteiger partial charge in [-0.2, -0.15) is 0 Å². The highest BCUT2D eigenvalue weighted by Crippen LogP contribution is 2.22. The molecule has 0 radical (unpaired) electrons. The lowest BCUT2D eigenvalue weighted by Gasteiger charge is -2.32. The molecule has 0 bridgehead atoms. The first kappa shape index (κ1) is 19.2. The zero-order chi connectivity index (χ0) is 18.4. The normalized spacial score (nSPS) is 17.4. The molecule has 1 aromatic heterocycles. The molecule has 1 fully saturated rings. The maximum Gasteiger partial charge on any atom is 0.255 e. The van der Waals surface area contributed by atoms with Crippen molar-refractivity contribution >= 4 is 17.5 Å². The molecule has 0 aromatic carbocycles. The van der Waals surface area contributed by atoms with Crippen LogP contribution in [0.4, 0.5) is 5.82 Å². The zero-order valence-corrected chi connectivity index (χ0v) is 15.6. The molecule has 2 heterocycles. The molecule has 1 aliphatic heterocycles. The summed E-state index contributed by atoms with van der Waals surface area (Å²) in [6, 6.07) is 3.66. The summed E-state index contributed by atoms with van der Waals surface area (Å²) < 4.78 is 0. The molecule has 136 valence electrons. The molecule has 1 amide bonds. The standard InChI is InChI=1S/C20H29N3O2/c1-5-10-22(4)19-9-8-16(13-21-19)20(25)23-11-6-7-17(14-23)18(24)12-15(2)3/h5,8-9,13,15,17H,1,6-7,10-12,14H2,2-4H3. The van der Waals surface area contributed by atoms with Gasteiger partial charge < -0.3 is 9.80 Å². The van der Waals surface area contributed by atoms with E-state index in [1.54, 1.807) is 11.1 Å². The average molecular weight is 343 g/mol.